The molecule has 27 heavy (non-hydrogen) atoms. The molecular weight excluding hydrogens is 342 g/mol. The Balaban J connectivity index is 1.38. The number of aromatic nitrogens is 3. The zero-order valence-corrected chi connectivity index (χ0v) is 15.1. The highest BCUT2D eigenvalue weighted by molar-refractivity contribution is 5.81. The molecule has 3 atom stereocenters. The van der Waals surface area contributed by atoms with Crippen LogP contribution in [0.5, 0.6) is 0 Å². The van der Waals surface area contributed by atoms with Gasteiger partial charge in [0.25, 0.3) is 0 Å². The fraction of sp³-hybridized carbons (Fsp3) is 0.474. The van der Waals surface area contributed by atoms with E-state index in [0.717, 1.165) is 30.6 Å². The lowest BCUT2D eigenvalue weighted by Gasteiger charge is -2.25. The highest BCUT2D eigenvalue weighted by Gasteiger charge is 2.40. The predicted octanol–water partition coefficient (Wildman–Crippen LogP) is 0.541. The number of carbonyl (C=O) groups excluding carboxylic acids is 1. The summed E-state index contributed by atoms with van der Waals surface area (Å²) in [6, 6.07) is 9.89. The Labute approximate surface area is 158 Å². The second-order valence-electron chi connectivity index (χ2n) is 7.29. The molecule has 3 heterocycles. The van der Waals surface area contributed by atoms with Gasteiger partial charge >= 0.3 is 0 Å². The summed E-state index contributed by atoms with van der Waals surface area (Å²) >= 11 is 0. The fourth-order valence-electron chi connectivity index (χ4n) is 4.04. The van der Waals surface area contributed by atoms with Crippen LogP contribution >= 0.6 is 0 Å². The first-order chi connectivity index (χ1) is 13.2. The lowest BCUT2D eigenvalue weighted by Crippen LogP contribution is -2.45. The minimum atomic E-state index is -0.289. The zero-order chi connectivity index (χ0) is 18.8. The van der Waals surface area contributed by atoms with Crippen LogP contribution in [0.3, 0.4) is 0 Å². The predicted molar refractivity (Wildman–Crippen MR) is 98.4 cm³/mol. The van der Waals surface area contributed by atoms with Gasteiger partial charge < -0.3 is 10.6 Å². The van der Waals surface area contributed by atoms with Crippen LogP contribution in [0.25, 0.3) is 5.69 Å². The third kappa shape index (κ3) is 3.56. The first kappa shape index (κ1) is 17.6. The second-order valence-corrected chi connectivity index (χ2v) is 7.29. The smallest absolute Gasteiger partial charge is 0.229 e. The van der Waals surface area contributed by atoms with E-state index >= 15 is 0 Å². The van der Waals surface area contributed by atoms with E-state index in [4.69, 9.17) is 5.73 Å². The number of nitrogens with zero attached hydrogens (tertiary/aromatic N) is 6. The maximum absolute atomic E-state index is 12.9. The maximum Gasteiger partial charge on any atom is 0.229 e. The minimum absolute atomic E-state index is 0.0376. The Morgan fingerprint density at radius 1 is 1.30 bits per heavy atom. The topological polar surface area (TPSA) is 104 Å². The number of amides is 1. The van der Waals surface area contributed by atoms with Crippen molar-refractivity contribution in [2.24, 2.45) is 11.7 Å². The van der Waals surface area contributed by atoms with Crippen LogP contribution < -0.4 is 5.73 Å². The number of hydrogen-bond donors (Lipinski definition) is 1. The number of nitrogens with two attached hydrogens (primary N) is 1. The molecule has 2 aliphatic rings. The molecule has 2 aromatic rings. The van der Waals surface area contributed by atoms with E-state index in [0.29, 0.717) is 19.6 Å². The highest BCUT2D eigenvalue weighted by atomic mass is 16.2. The lowest BCUT2D eigenvalue weighted by atomic mass is 10.0. The Kier molecular flexibility index (Phi) is 4.88. The maximum atomic E-state index is 12.9. The molecule has 2 aliphatic heterocycles. The molecule has 0 spiro atoms. The molecule has 0 bridgehead atoms. The number of nitriles is 1. The average molecular weight is 365 g/mol. The van der Waals surface area contributed by atoms with Gasteiger partial charge in [0.15, 0.2) is 0 Å². The van der Waals surface area contributed by atoms with Gasteiger partial charge in [-0.05, 0) is 30.5 Å². The van der Waals surface area contributed by atoms with Gasteiger partial charge in [-0.3, -0.25) is 9.69 Å². The van der Waals surface area contributed by atoms with Crippen molar-refractivity contribution >= 4 is 5.91 Å². The monoisotopic (exact) mass is 365 g/mol. The molecule has 8 nitrogen and oxygen atoms in total. The fourth-order valence-corrected chi connectivity index (χ4v) is 4.04. The van der Waals surface area contributed by atoms with E-state index < -0.39 is 0 Å². The van der Waals surface area contributed by atoms with Crippen molar-refractivity contribution in [1.82, 2.24) is 24.6 Å². The van der Waals surface area contributed by atoms with Crippen LogP contribution in [-0.4, -0.2) is 62.2 Å². The highest BCUT2D eigenvalue weighted by Crippen LogP contribution is 2.25. The zero-order valence-electron chi connectivity index (χ0n) is 15.1. The van der Waals surface area contributed by atoms with Crippen molar-refractivity contribution in [2.45, 2.75) is 31.5 Å². The van der Waals surface area contributed by atoms with E-state index in [1.165, 1.54) is 6.33 Å². The summed E-state index contributed by atoms with van der Waals surface area (Å²) < 4.78 is 1.71. The molecule has 0 radical (unpaired) electrons. The number of rotatable bonds is 4. The number of hydrogen-bond acceptors (Lipinski definition) is 6. The Bertz CT molecular complexity index is 827. The molecule has 0 unspecified atom stereocenters. The number of likely N-dealkylation sites (tertiary alicyclic amines) is 2. The van der Waals surface area contributed by atoms with E-state index in [2.05, 4.69) is 33.2 Å². The summed E-state index contributed by atoms with van der Waals surface area (Å²) in [6.45, 7) is 2.74. The van der Waals surface area contributed by atoms with Crippen LogP contribution in [-0.2, 0) is 11.3 Å². The normalized spacial score (nSPS) is 25.6. The van der Waals surface area contributed by atoms with Crippen LogP contribution in [0.15, 0.2) is 36.9 Å². The quantitative estimate of drug-likeness (QED) is 0.848. The molecule has 1 amide bonds. The van der Waals surface area contributed by atoms with Gasteiger partial charge in [0.2, 0.25) is 5.91 Å². The third-order valence-corrected chi connectivity index (χ3v) is 5.47. The first-order valence-electron chi connectivity index (χ1n) is 9.27. The van der Waals surface area contributed by atoms with Gasteiger partial charge in [-0.25, -0.2) is 9.67 Å². The molecule has 8 heteroatoms. The van der Waals surface area contributed by atoms with Gasteiger partial charge in [-0.1, -0.05) is 12.1 Å². The summed E-state index contributed by atoms with van der Waals surface area (Å²) in [7, 11) is 0. The summed E-state index contributed by atoms with van der Waals surface area (Å²) in [5.74, 6) is -0.191. The second kappa shape index (κ2) is 7.47. The number of carbonyl (C=O) groups is 1. The summed E-state index contributed by atoms with van der Waals surface area (Å²) in [6.07, 6.45) is 4.84. The summed E-state index contributed by atoms with van der Waals surface area (Å²) in [4.78, 5) is 20.7. The molecule has 4 rings (SSSR count). The van der Waals surface area contributed by atoms with Crippen molar-refractivity contribution in [3.05, 3.63) is 42.5 Å². The van der Waals surface area contributed by atoms with Crippen LogP contribution in [0, 0.1) is 17.2 Å². The van der Waals surface area contributed by atoms with Gasteiger partial charge in [0.1, 0.15) is 18.7 Å². The minimum Gasteiger partial charge on any atom is -0.326 e. The standard InChI is InChI=1S/C19H23N7O/c20-8-16-2-1-7-25(16)19(27)17-10-24(11-18(17)21)9-14-3-5-15(6-4-14)26-13-22-12-23-26/h3-6,12-13,16-18H,1-2,7,9-11,21H2/t16-,17+,18-/m0/s1. The molecule has 1 aromatic carbocycles. The SMILES string of the molecule is N#C[C@@H]1CCCN1C(=O)[C@@H]1CN(Cc2ccc(-n3cncn3)cc2)C[C@@H]1N. The van der Waals surface area contributed by atoms with E-state index in [1.807, 2.05) is 12.1 Å². The first-order valence-corrected chi connectivity index (χ1v) is 9.27. The Hall–Kier alpha value is -2.76. The van der Waals surface area contributed by atoms with E-state index in [1.54, 1.807) is 15.9 Å². The van der Waals surface area contributed by atoms with Crippen molar-refractivity contribution < 1.29 is 4.79 Å². The molecule has 0 saturated carbocycles. The van der Waals surface area contributed by atoms with E-state index in [-0.39, 0.29) is 23.9 Å². The van der Waals surface area contributed by atoms with Crippen molar-refractivity contribution in [2.75, 3.05) is 19.6 Å². The van der Waals surface area contributed by atoms with Crippen LogP contribution in [0.4, 0.5) is 0 Å². The van der Waals surface area contributed by atoms with Crippen LogP contribution in [0.1, 0.15) is 18.4 Å². The van der Waals surface area contributed by atoms with E-state index in [9.17, 15) is 10.1 Å². The molecule has 2 fully saturated rings. The lowest BCUT2D eigenvalue weighted by molar-refractivity contribution is -0.135. The van der Waals surface area contributed by atoms with Crippen molar-refractivity contribution in [3.63, 3.8) is 0 Å². The van der Waals surface area contributed by atoms with Gasteiger partial charge in [-0.15, -0.1) is 0 Å². The summed E-state index contributed by atoms with van der Waals surface area (Å²) in [5, 5.41) is 13.4. The molecule has 1 aromatic heterocycles. The molecule has 2 N–H and O–H groups in total. The molecule has 2 saturated heterocycles. The largest absolute Gasteiger partial charge is 0.326 e. The summed E-state index contributed by atoms with van der Waals surface area (Å²) in [5.41, 5.74) is 8.40. The third-order valence-electron chi connectivity index (χ3n) is 5.47. The molecule has 140 valence electrons. The van der Waals surface area contributed by atoms with Gasteiger partial charge in [0.05, 0.1) is 17.7 Å². The van der Waals surface area contributed by atoms with Crippen molar-refractivity contribution in [1.29, 1.82) is 5.26 Å². The average Bonchev–Trinajstić information content (AvgIpc) is 3.42. The molecule has 0 aliphatic carbocycles. The van der Waals surface area contributed by atoms with Gasteiger partial charge in [-0.2, -0.15) is 10.4 Å². The van der Waals surface area contributed by atoms with Crippen LogP contribution in [0.2, 0.25) is 0 Å². The number of benzene rings is 1. The Morgan fingerprint density at radius 2 is 2.11 bits per heavy atom. The Morgan fingerprint density at radius 3 is 2.81 bits per heavy atom. The van der Waals surface area contributed by atoms with Gasteiger partial charge in [0, 0.05) is 32.2 Å². The molecular formula is C19H23N7O. The van der Waals surface area contributed by atoms with Crippen molar-refractivity contribution in [3.8, 4) is 11.8 Å².